The van der Waals surface area contributed by atoms with E-state index in [0.717, 1.165) is 5.82 Å². The molecule has 0 atom stereocenters. The van der Waals surface area contributed by atoms with Crippen molar-refractivity contribution in [1.82, 2.24) is 15.0 Å². The normalized spacial score (nSPS) is 22.2. The van der Waals surface area contributed by atoms with Crippen LogP contribution in [0.2, 0.25) is 5.28 Å². The fraction of sp³-hybridized carbons (Fsp3) is 0.842. The molecule has 0 amide bonds. The monoisotopic (exact) mass is 350 g/mol. The molecule has 0 unspecified atom stereocenters. The van der Waals surface area contributed by atoms with Crippen molar-refractivity contribution in [2.24, 2.45) is 0 Å². The predicted molar refractivity (Wildman–Crippen MR) is 99.6 cm³/mol. The van der Waals surface area contributed by atoms with Crippen LogP contribution in [0.4, 0.5) is 5.95 Å². The minimum Gasteiger partial charge on any atom is -0.351 e. The molecule has 4 nitrogen and oxygen atoms in total. The number of hydrogen-bond acceptors (Lipinski definition) is 4. The van der Waals surface area contributed by atoms with E-state index in [-0.39, 0.29) is 0 Å². The maximum Gasteiger partial charge on any atom is 0.227 e. The first-order valence-corrected chi connectivity index (χ1v) is 10.4. The van der Waals surface area contributed by atoms with Crippen LogP contribution in [0.3, 0.4) is 0 Å². The second-order valence-electron chi connectivity index (χ2n) is 7.51. The zero-order valence-electron chi connectivity index (χ0n) is 14.8. The largest absolute Gasteiger partial charge is 0.351 e. The summed E-state index contributed by atoms with van der Waals surface area (Å²) in [5, 5.41) is 3.89. The van der Waals surface area contributed by atoms with Gasteiger partial charge in [0.15, 0.2) is 0 Å². The molecule has 2 fully saturated rings. The minimum absolute atomic E-state index is 0.343. The van der Waals surface area contributed by atoms with Gasteiger partial charge >= 0.3 is 0 Å². The Labute approximate surface area is 151 Å². The van der Waals surface area contributed by atoms with Crippen LogP contribution >= 0.6 is 11.6 Å². The summed E-state index contributed by atoms with van der Waals surface area (Å²) in [6.07, 6.45) is 18.1. The van der Waals surface area contributed by atoms with Crippen molar-refractivity contribution in [3.05, 3.63) is 11.1 Å². The molecule has 1 heterocycles. The van der Waals surface area contributed by atoms with Gasteiger partial charge in [0.25, 0.3) is 0 Å². The number of hydrogen-bond donors (Lipinski definition) is 1. The number of rotatable bonds is 3. The molecule has 0 radical (unpaired) electrons. The molecule has 1 aromatic rings. The lowest BCUT2D eigenvalue weighted by Gasteiger charge is -2.22. The number of nitrogens with zero attached hydrogens (tertiary/aromatic N) is 3. The molecule has 0 aliphatic heterocycles. The average Bonchev–Trinajstić information content (AvgIpc) is 2.49. The SMILES string of the molecule is Clc1nc(NC2CCCCCCC2)nc(C2CCCCCCC2)n1. The topological polar surface area (TPSA) is 50.7 Å². The molecule has 1 aromatic heterocycles. The fourth-order valence-electron chi connectivity index (χ4n) is 4.11. The molecule has 2 aliphatic rings. The van der Waals surface area contributed by atoms with Gasteiger partial charge in [0.2, 0.25) is 11.2 Å². The second-order valence-corrected chi connectivity index (χ2v) is 7.85. The summed E-state index contributed by atoms with van der Waals surface area (Å²) in [7, 11) is 0. The minimum atomic E-state index is 0.343. The summed E-state index contributed by atoms with van der Waals surface area (Å²) < 4.78 is 0. The van der Waals surface area contributed by atoms with Crippen LogP contribution in [-0.4, -0.2) is 21.0 Å². The number of anilines is 1. The summed E-state index contributed by atoms with van der Waals surface area (Å²) in [5.74, 6) is 2.05. The van der Waals surface area contributed by atoms with E-state index < -0.39 is 0 Å². The Morgan fingerprint density at radius 2 is 1.21 bits per heavy atom. The van der Waals surface area contributed by atoms with Gasteiger partial charge in [-0.15, -0.1) is 0 Å². The van der Waals surface area contributed by atoms with E-state index in [9.17, 15) is 0 Å². The van der Waals surface area contributed by atoms with Crippen molar-refractivity contribution in [1.29, 1.82) is 0 Å². The van der Waals surface area contributed by atoms with Gasteiger partial charge in [-0.2, -0.15) is 9.97 Å². The molecule has 2 aliphatic carbocycles. The highest BCUT2D eigenvalue weighted by molar-refractivity contribution is 6.28. The summed E-state index contributed by atoms with van der Waals surface area (Å²) in [5.41, 5.74) is 0. The van der Waals surface area contributed by atoms with Gasteiger partial charge in [0, 0.05) is 12.0 Å². The molecule has 1 N–H and O–H groups in total. The highest BCUT2D eigenvalue weighted by atomic mass is 35.5. The molecule has 0 spiro atoms. The van der Waals surface area contributed by atoms with E-state index in [1.807, 2.05) is 0 Å². The quantitative estimate of drug-likeness (QED) is 0.739. The zero-order chi connectivity index (χ0) is 16.6. The third kappa shape index (κ3) is 5.58. The lowest BCUT2D eigenvalue weighted by atomic mass is 9.90. The Kier molecular flexibility index (Phi) is 7.13. The third-order valence-electron chi connectivity index (χ3n) is 5.53. The van der Waals surface area contributed by atoms with Crippen LogP contribution < -0.4 is 5.32 Å². The van der Waals surface area contributed by atoms with Gasteiger partial charge in [-0.25, -0.2) is 4.98 Å². The molecule has 0 saturated heterocycles. The highest BCUT2D eigenvalue weighted by Gasteiger charge is 2.19. The first kappa shape index (κ1) is 17.9. The lowest BCUT2D eigenvalue weighted by molar-refractivity contribution is 0.440. The van der Waals surface area contributed by atoms with Gasteiger partial charge < -0.3 is 5.32 Å². The maximum atomic E-state index is 6.22. The van der Waals surface area contributed by atoms with Crippen LogP contribution in [0, 0.1) is 0 Å². The van der Waals surface area contributed by atoms with Crippen LogP contribution in [0.25, 0.3) is 0 Å². The Morgan fingerprint density at radius 1 is 0.667 bits per heavy atom. The predicted octanol–water partition coefficient (Wildman–Crippen LogP) is 5.88. The van der Waals surface area contributed by atoms with Crippen molar-refractivity contribution in [2.45, 2.75) is 102 Å². The molecule has 5 heteroatoms. The van der Waals surface area contributed by atoms with E-state index in [1.54, 1.807) is 0 Å². The molecule has 0 aromatic carbocycles. The zero-order valence-corrected chi connectivity index (χ0v) is 15.5. The highest BCUT2D eigenvalue weighted by Crippen LogP contribution is 2.30. The van der Waals surface area contributed by atoms with Crippen molar-refractivity contribution in [3.8, 4) is 0 Å². The summed E-state index contributed by atoms with van der Waals surface area (Å²) in [6.45, 7) is 0. The molecule has 0 bridgehead atoms. The van der Waals surface area contributed by atoms with Crippen molar-refractivity contribution >= 4 is 17.5 Å². The Bertz CT molecular complexity index is 492. The standard InChI is InChI=1S/C19H31ClN4/c20-18-22-17(15-11-7-3-1-4-8-12-15)23-19(24-18)21-16-13-9-5-2-6-10-14-16/h15-16H,1-14H2,(H,21,22,23,24). The molecule has 134 valence electrons. The first-order valence-electron chi connectivity index (χ1n) is 9.99. The van der Waals surface area contributed by atoms with Gasteiger partial charge in [-0.3, -0.25) is 0 Å². The van der Waals surface area contributed by atoms with Crippen molar-refractivity contribution < 1.29 is 0 Å². The van der Waals surface area contributed by atoms with Crippen molar-refractivity contribution in [3.63, 3.8) is 0 Å². The second kappa shape index (κ2) is 9.55. The molecular weight excluding hydrogens is 320 g/mol. The van der Waals surface area contributed by atoms with E-state index in [4.69, 9.17) is 16.6 Å². The summed E-state index contributed by atoms with van der Waals surface area (Å²) in [6, 6.07) is 0.481. The Morgan fingerprint density at radius 3 is 1.83 bits per heavy atom. The third-order valence-corrected chi connectivity index (χ3v) is 5.70. The fourth-order valence-corrected chi connectivity index (χ4v) is 4.28. The van der Waals surface area contributed by atoms with E-state index in [0.29, 0.717) is 23.2 Å². The van der Waals surface area contributed by atoms with Crippen LogP contribution in [0.1, 0.15) is 102 Å². The molecule has 24 heavy (non-hydrogen) atoms. The van der Waals surface area contributed by atoms with Crippen LogP contribution in [-0.2, 0) is 0 Å². The summed E-state index contributed by atoms with van der Waals surface area (Å²) >= 11 is 6.22. The summed E-state index contributed by atoms with van der Waals surface area (Å²) in [4.78, 5) is 13.6. The van der Waals surface area contributed by atoms with E-state index in [1.165, 1.54) is 89.9 Å². The van der Waals surface area contributed by atoms with Crippen LogP contribution in [0.15, 0.2) is 0 Å². The number of halogens is 1. The van der Waals surface area contributed by atoms with E-state index in [2.05, 4.69) is 15.3 Å². The smallest absolute Gasteiger partial charge is 0.227 e. The van der Waals surface area contributed by atoms with Crippen LogP contribution in [0.5, 0.6) is 0 Å². The van der Waals surface area contributed by atoms with Gasteiger partial charge in [0.05, 0.1) is 0 Å². The Balaban J connectivity index is 1.67. The van der Waals surface area contributed by atoms with Crippen molar-refractivity contribution in [2.75, 3.05) is 5.32 Å². The Hall–Kier alpha value is -0.900. The number of aromatic nitrogens is 3. The maximum absolute atomic E-state index is 6.22. The lowest BCUT2D eigenvalue weighted by Crippen LogP contribution is -2.23. The average molecular weight is 351 g/mol. The molecular formula is C19H31ClN4. The van der Waals surface area contributed by atoms with Gasteiger partial charge in [-0.05, 0) is 37.3 Å². The molecule has 3 rings (SSSR count). The number of nitrogens with one attached hydrogen (secondary N) is 1. The molecule has 2 saturated carbocycles. The van der Waals surface area contributed by atoms with E-state index >= 15 is 0 Å². The van der Waals surface area contributed by atoms with Gasteiger partial charge in [-0.1, -0.05) is 64.2 Å². The van der Waals surface area contributed by atoms with Gasteiger partial charge in [0.1, 0.15) is 5.82 Å². The first-order chi connectivity index (χ1) is 11.8.